The summed E-state index contributed by atoms with van der Waals surface area (Å²) in [5.41, 5.74) is 12.4. The van der Waals surface area contributed by atoms with Crippen LogP contribution in [-0.4, -0.2) is 31.6 Å². The Morgan fingerprint density at radius 3 is 2.54 bits per heavy atom. The molecule has 1 aliphatic carbocycles. The normalized spacial score (nSPS) is 15.8. The molecule has 0 saturated heterocycles. The van der Waals surface area contributed by atoms with Gasteiger partial charge in [0.15, 0.2) is 0 Å². The zero-order chi connectivity index (χ0) is 18.9. The van der Waals surface area contributed by atoms with E-state index in [2.05, 4.69) is 62.0 Å². The van der Waals surface area contributed by atoms with E-state index in [4.69, 9.17) is 5.73 Å². The van der Waals surface area contributed by atoms with Gasteiger partial charge in [0, 0.05) is 31.5 Å². The van der Waals surface area contributed by atoms with Crippen molar-refractivity contribution in [3.05, 3.63) is 58.9 Å². The number of rotatable bonds is 10. The van der Waals surface area contributed by atoms with Crippen molar-refractivity contribution in [3.63, 3.8) is 0 Å². The molecule has 0 heterocycles. The van der Waals surface area contributed by atoms with E-state index in [-0.39, 0.29) is 0 Å². The summed E-state index contributed by atoms with van der Waals surface area (Å²) in [6.07, 6.45) is 6.93. The number of hydrogen-bond donors (Lipinski definition) is 2. The van der Waals surface area contributed by atoms with Crippen LogP contribution in [0.25, 0.3) is 0 Å². The van der Waals surface area contributed by atoms with E-state index in [1.807, 2.05) is 0 Å². The van der Waals surface area contributed by atoms with Gasteiger partial charge in [-0.3, -0.25) is 0 Å². The average molecular weight is 356 g/mol. The van der Waals surface area contributed by atoms with Crippen LogP contribution in [0, 0.1) is 6.92 Å². The molecule has 1 unspecified atom stereocenters. The lowest BCUT2D eigenvalue weighted by Gasteiger charge is -2.27. The molecule has 0 bridgehead atoms. The Morgan fingerprint density at radius 1 is 1.19 bits per heavy atom. The second-order valence-corrected chi connectivity index (χ2v) is 7.63. The summed E-state index contributed by atoms with van der Waals surface area (Å²) in [7, 11) is 2.13. The molecule has 26 heavy (non-hydrogen) atoms. The van der Waals surface area contributed by atoms with Crippen LogP contribution in [0.15, 0.2) is 47.8 Å². The monoisotopic (exact) mass is 355 g/mol. The first kappa shape index (κ1) is 20.6. The van der Waals surface area contributed by atoms with E-state index in [9.17, 15) is 0 Å². The van der Waals surface area contributed by atoms with Gasteiger partial charge in [0.1, 0.15) is 0 Å². The SMILES string of the molecule is C=C(C1=C(N)CCCC1)N(C)CCNCCC(CC)c1ccc(C)cc1. The van der Waals surface area contributed by atoms with E-state index in [0.29, 0.717) is 5.92 Å². The molecule has 3 nitrogen and oxygen atoms in total. The first-order valence-electron chi connectivity index (χ1n) is 10.2. The molecule has 0 radical (unpaired) electrons. The molecule has 1 aliphatic rings. The van der Waals surface area contributed by atoms with Crippen molar-refractivity contribution in [3.8, 4) is 0 Å². The molecule has 1 aromatic rings. The molecule has 0 amide bonds. The van der Waals surface area contributed by atoms with Gasteiger partial charge in [-0.2, -0.15) is 0 Å². The van der Waals surface area contributed by atoms with Crippen LogP contribution in [0.4, 0.5) is 0 Å². The van der Waals surface area contributed by atoms with Gasteiger partial charge < -0.3 is 16.0 Å². The van der Waals surface area contributed by atoms with Crippen LogP contribution in [0.5, 0.6) is 0 Å². The summed E-state index contributed by atoms with van der Waals surface area (Å²) in [6.45, 7) is 11.7. The summed E-state index contributed by atoms with van der Waals surface area (Å²) in [6, 6.07) is 9.00. The number of nitrogens with one attached hydrogen (secondary N) is 1. The predicted octanol–water partition coefficient (Wildman–Crippen LogP) is 4.70. The van der Waals surface area contributed by atoms with Gasteiger partial charge in [0.2, 0.25) is 0 Å². The molecule has 0 spiro atoms. The van der Waals surface area contributed by atoms with Crippen LogP contribution < -0.4 is 11.1 Å². The van der Waals surface area contributed by atoms with Gasteiger partial charge in [-0.25, -0.2) is 0 Å². The Kier molecular flexibility index (Phi) is 8.24. The van der Waals surface area contributed by atoms with Crippen molar-refractivity contribution in [2.45, 2.75) is 58.3 Å². The van der Waals surface area contributed by atoms with Gasteiger partial charge in [-0.1, -0.05) is 43.3 Å². The maximum absolute atomic E-state index is 6.18. The molecule has 2 rings (SSSR count). The molecule has 3 N–H and O–H groups in total. The largest absolute Gasteiger partial charge is 0.402 e. The third-order valence-corrected chi connectivity index (χ3v) is 5.65. The zero-order valence-electron chi connectivity index (χ0n) is 17.0. The van der Waals surface area contributed by atoms with Gasteiger partial charge in [0.05, 0.1) is 0 Å². The van der Waals surface area contributed by atoms with Crippen LogP contribution in [-0.2, 0) is 0 Å². The number of aryl methyl sites for hydroxylation is 1. The van der Waals surface area contributed by atoms with Crippen LogP contribution in [0.3, 0.4) is 0 Å². The minimum Gasteiger partial charge on any atom is -0.402 e. The topological polar surface area (TPSA) is 41.3 Å². The van der Waals surface area contributed by atoms with Crippen molar-refractivity contribution in [1.82, 2.24) is 10.2 Å². The highest BCUT2D eigenvalue weighted by molar-refractivity contribution is 5.32. The maximum Gasteiger partial charge on any atom is 0.0340 e. The molecule has 144 valence electrons. The third-order valence-electron chi connectivity index (χ3n) is 5.65. The number of nitrogens with zero attached hydrogens (tertiary/aromatic N) is 1. The van der Waals surface area contributed by atoms with Crippen molar-refractivity contribution in [2.24, 2.45) is 5.73 Å². The summed E-state index contributed by atoms with van der Waals surface area (Å²) in [5.74, 6) is 0.642. The van der Waals surface area contributed by atoms with Crippen LogP contribution >= 0.6 is 0 Å². The molecular formula is C23H37N3. The quantitative estimate of drug-likeness (QED) is 0.598. The Labute approximate surface area is 160 Å². The second kappa shape index (κ2) is 10.4. The lowest BCUT2D eigenvalue weighted by atomic mass is 9.92. The third kappa shape index (κ3) is 5.91. The molecular weight excluding hydrogens is 318 g/mol. The Bertz CT molecular complexity index is 600. The van der Waals surface area contributed by atoms with Gasteiger partial charge in [0.25, 0.3) is 0 Å². The number of likely N-dealkylation sites (N-methyl/N-ethyl adjacent to an activating group) is 1. The van der Waals surface area contributed by atoms with E-state index < -0.39 is 0 Å². The molecule has 1 atom stereocenters. The number of nitrogens with two attached hydrogens (primary N) is 1. The van der Waals surface area contributed by atoms with Gasteiger partial charge in [-0.15, -0.1) is 0 Å². The van der Waals surface area contributed by atoms with E-state index in [1.54, 1.807) is 0 Å². The van der Waals surface area contributed by atoms with E-state index in [0.717, 1.165) is 43.9 Å². The standard InChI is InChI=1S/C23H37N3/c1-5-20(21-12-10-18(2)11-13-21)14-15-25-16-17-26(4)19(3)22-8-6-7-9-23(22)24/h10-13,20,25H,3,5-9,14-17,24H2,1-2,4H3. The van der Waals surface area contributed by atoms with Crippen molar-refractivity contribution in [2.75, 3.05) is 26.7 Å². The highest BCUT2D eigenvalue weighted by Gasteiger charge is 2.15. The zero-order valence-corrected chi connectivity index (χ0v) is 17.0. The maximum atomic E-state index is 6.18. The molecule has 0 saturated carbocycles. The first-order valence-corrected chi connectivity index (χ1v) is 10.2. The van der Waals surface area contributed by atoms with Crippen molar-refractivity contribution >= 4 is 0 Å². The predicted molar refractivity (Wildman–Crippen MR) is 113 cm³/mol. The lowest BCUT2D eigenvalue weighted by molar-refractivity contribution is 0.405. The Balaban J connectivity index is 1.70. The Morgan fingerprint density at radius 2 is 1.88 bits per heavy atom. The van der Waals surface area contributed by atoms with E-state index >= 15 is 0 Å². The average Bonchev–Trinajstić information content (AvgIpc) is 2.65. The molecule has 0 aromatic heterocycles. The fourth-order valence-electron chi connectivity index (χ4n) is 3.72. The van der Waals surface area contributed by atoms with Gasteiger partial charge in [-0.05, 0) is 69.0 Å². The fourth-order valence-corrected chi connectivity index (χ4v) is 3.72. The highest BCUT2D eigenvalue weighted by Crippen LogP contribution is 2.27. The number of benzene rings is 1. The van der Waals surface area contributed by atoms with Gasteiger partial charge >= 0.3 is 0 Å². The summed E-state index contributed by atoms with van der Waals surface area (Å²) in [5, 5.41) is 3.60. The first-order chi connectivity index (χ1) is 12.5. The number of allylic oxidation sites excluding steroid dienone is 2. The molecule has 1 aromatic carbocycles. The van der Waals surface area contributed by atoms with Crippen LogP contribution in [0.2, 0.25) is 0 Å². The Hall–Kier alpha value is -1.74. The summed E-state index contributed by atoms with van der Waals surface area (Å²) >= 11 is 0. The minimum atomic E-state index is 0.642. The summed E-state index contributed by atoms with van der Waals surface area (Å²) < 4.78 is 0. The van der Waals surface area contributed by atoms with E-state index in [1.165, 1.54) is 42.4 Å². The smallest absolute Gasteiger partial charge is 0.0340 e. The molecule has 0 aliphatic heterocycles. The van der Waals surface area contributed by atoms with Crippen LogP contribution in [0.1, 0.15) is 62.5 Å². The lowest BCUT2D eigenvalue weighted by Crippen LogP contribution is -2.31. The highest BCUT2D eigenvalue weighted by atomic mass is 15.1. The van der Waals surface area contributed by atoms with Crippen molar-refractivity contribution in [1.29, 1.82) is 0 Å². The fraction of sp³-hybridized carbons (Fsp3) is 0.565. The second-order valence-electron chi connectivity index (χ2n) is 7.63. The molecule has 3 heteroatoms. The van der Waals surface area contributed by atoms with Crippen molar-refractivity contribution < 1.29 is 0 Å². The molecule has 0 fully saturated rings. The number of hydrogen-bond acceptors (Lipinski definition) is 3. The minimum absolute atomic E-state index is 0.642. The summed E-state index contributed by atoms with van der Waals surface area (Å²) in [4.78, 5) is 2.25.